The predicted molar refractivity (Wildman–Crippen MR) is 103 cm³/mol. The third kappa shape index (κ3) is 13.4. The Bertz CT molecular complexity index is 549. The van der Waals surface area contributed by atoms with E-state index in [0.717, 1.165) is 0 Å². The molecular weight excluding hydrogens is 543 g/mol. The second kappa shape index (κ2) is 15.8. The van der Waals surface area contributed by atoms with Gasteiger partial charge >= 0.3 is 57.8 Å². The third-order valence-electron chi connectivity index (χ3n) is 4.65. The van der Waals surface area contributed by atoms with Gasteiger partial charge in [0.2, 0.25) is 5.91 Å². The molecule has 1 aliphatic rings. The summed E-state index contributed by atoms with van der Waals surface area (Å²) >= 11 is 0. The number of nitrogens with zero attached hydrogens (tertiary/aromatic N) is 4. The van der Waals surface area contributed by atoms with Crippen molar-refractivity contribution in [2.75, 3.05) is 85.6 Å². The molecule has 171 valence electrons. The van der Waals surface area contributed by atoms with Crippen LogP contribution in [0.4, 0.5) is 0 Å². The van der Waals surface area contributed by atoms with Crippen LogP contribution in [0, 0.1) is 39.9 Å². The Morgan fingerprint density at radius 2 is 0.833 bits per heavy atom. The number of aliphatic carboxylic acids is 3. The fourth-order valence-electron chi connectivity index (χ4n) is 3.07. The Kier molecular flexibility index (Phi) is 15.3. The zero-order valence-electron chi connectivity index (χ0n) is 17.1. The third-order valence-corrected chi connectivity index (χ3v) is 4.65. The van der Waals surface area contributed by atoms with Gasteiger partial charge in [0.1, 0.15) is 0 Å². The van der Waals surface area contributed by atoms with E-state index in [0.29, 0.717) is 52.4 Å². The van der Waals surface area contributed by atoms with E-state index in [1.165, 1.54) is 7.05 Å². The van der Waals surface area contributed by atoms with E-state index >= 15 is 0 Å². The van der Waals surface area contributed by atoms with Gasteiger partial charge in [0.05, 0.1) is 26.2 Å². The number of rotatable bonds is 8. The van der Waals surface area contributed by atoms with Crippen molar-refractivity contribution in [3.63, 3.8) is 0 Å². The summed E-state index contributed by atoms with van der Waals surface area (Å²) in [5.41, 5.74) is 0. The summed E-state index contributed by atoms with van der Waals surface area (Å²) in [6.07, 6.45) is 0. The maximum absolute atomic E-state index is 11.8. The van der Waals surface area contributed by atoms with Gasteiger partial charge in [0, 0.05) is 59.4 Å². The summed E-state index contributed by atoms with van der Waals surface area (Å²) in [4.78, 5) is 52.2. The van der Waals surface area contributed by atoms with Crippen molar-refractivity contribution in [2.24, 2.45) is 0 Å². The van der Waals surface area contributed by atoms with E-state index in [2.05, 4.69) is 5.32 Å². The van der Waals surface area contributed by atoms with Gasteiger partial charge in [0.15, 0.2) is 0 Å². The first-order valence-corrected chi connectivity index (χ1v) is 9.45. The Labute approximate surface area is 207 Å². The van der Waals surface area contributed by atoms with Gasteiger partial charge in [-0.3, -0.25) is 38.8 Å². The zero-order chi connectivity index (χ0) is 21.8. The molecule has 13 heteroatoms. The molecule has 0 bridgehead atoms. The van der Waals surface area contributed by atoms with Crippen LogP contribution in [-0.4, -0.2) is 144 Å². The Balaban J connectivity index is 0.00000841. The number of amides is 1. The molecule has 0 unspecified atom stereocenters. The topological polar surface area (TPSA) is 154 Å². The normalized spacial score (nSPS) is 18.4. The molecule has 0 aromatic carbocycles. The molecule has 1 fully saturated rings. The fourth-order valence-corrected chi connectivity index (χ4v) is 3.07. The van der Waals surface area contributed by atoms with Gasteiger partial charge < -0.3 is 20.6 Å². The van der Waals surface area contributed by atoms with Crippen LogP contribution in [0.25, 0.3) is 0 Å². The molecule has 0 spiro atoms. The van der Waals surface area contributed by atoms with Crippen LogP contribution < -0.4 is 5.32 Å². The van der Waals surface area contributed by atoms with E-state index in [1.54, 1.807) is 14.7 Å². The molecule has 0 aromatic heterocycles. The summed E-state index contributed by atoms with van der Waals surface area (Å²) in [6, 6.07) is 0. The molecule has 12 nitrogen and oxygen atoms in total. The summed E-state index contributed by atoms with van der Waals surface area (Å²) < 4.78 is 0. The van der Waals surface area contributed by atoms with Gasteiger partial charge in [-0.15, -0.1) is 0 Å². The minimum absolute atomic E-state index is 0. The molecule has 0 aromatic rings. The SMILES string of the molecule is CNC(=O)CN1CCN(CC(=O)O)CCN(CC(=O)O)CCN(CC(=O)O)CC1.[Gd+3]. The first-order valence-electron chi connectivity index (χ1n) is 9.45. The smallest absolute Gasteiger partial charge is 0.480 e. The average molecular weight is 575 g/mol. The minimum atomic E-state index is -0.997. The van der Waals surface area contributed by atoms with E-state index < -0.39 is 17.9 Å². The van der Waals surface area contributed by atoms with Gasteiger partial charge in [-0.2, -0.15) is 0 Å². The second-order valence-electron chi connectivity index (χ2n) is 6.96. The molecule has 1 aliphatic heterocycles. The van der Waals surface area contributed by atoms with Crippen molar-refractivity contribution in [1.82, 2.24) is 24.9 Å². The number of carbonyl (C=O) groups is 4. The summed E-state index contributed by atoms with van der Waals surface area (Å²) in [7, 11) is 1.53. The average Bonchev–Trinajstić information content (AvgIpc) is 2.62. The van der Waals surface area contributed by atoms with Crippen molar-refractivity contribution in [2.45, 2.75) is 0 Å². The Hall–Kier alpha value is -0.955. The molecule has 1 rings (SSSR count). The molecule has 0 aliphatic carbocycles. The molecule has 30 heavy (non-hydrogen) atoms. The van der Waals surface area contributed by atoms with E-state index in [9.17, 15) is 19.2 Å². The number of likely N-dealkylation sites (N-methyl/N-ethyl adjacent to an activating group) is 1. The fraction of sp³-hybridized carbons (Fsp3) is 0.765. The molecule has 0 atom stereocenters. The van der Waals surface area contributed by atoms with Crippen LogP contribution in [0.5, 0.6) is 0 Å². The van der Waals surface area contributed by atoms with Gasteiger partial charge in [0.25, 0.3) is 0 Å². The number of carboxylic acids is 3. The Morgan fingerprint density at radius 1 is 0.600 bits per heavy atom. The van der Waals surface area contributed by atoms with Gasteiger partial charge in [-0.1, -0.05) is 0 Å². The van der Waals surface area contributed by atoms with Crippen molar-refractivity contribution in [3.8, 4) is 0 Å². The van der Waals surface area contributed by atoms with E-state index in [-0.39, 0.29) is 72.0 Å². The molecule has 0 saturated carbocycles. The quantitative estimate of drug-likeness (QED) is 0.238. The number of carbonyl (C=O) groups excluding carboxylic acids is 1. The summed E-state index contributed by atoms with van der Waals surface area (Å²) in [5.74, 6) is -3.14. The van der Waals surface area contributed by atoms with Gasteiger partial charge in [-0.05, 0) is 0 Å². The Morgan fingerprint density at radius 3 is 1.03 bits per heavy atom. The van der Waals surface area contributed by atoms with Crippen molar-refractivity contribution in [3.05, 3.63) is 0 Å². The largest absolute Gasteiger partial charge is 3.00 e. The number of hydrogen-bond donors (Lipinski definition) is 4. The van der Waals surface area contributed by atoms with Crippen molar-refractivity contribution < 1.29 is 74.4 Å². The minimum Gasteiger partial charge on any atom is -0.480 e. The molecule has 1 amide bonds. The molecule has 1 radical (unpaired) electrons. The van der Waals surface area contributed by atoms with Crippen LogP contribution in [-0.2, 0) is 19.2 Å². The first-order chi connectivity index (χ1) is 13.7. The summed E-state index contributed by atoms with van der Waals surface area (Å²) in [6.45, 7) is 2.60. The maximum Gasteiger partial charge on any atom is 3.00 e. The zero-order valence-corrected chi connectivity index (χ0v) is 19.4. The van der Waals surface area contributed by atoms with E-state index in [1.807, 2.05) is 4.90 Å². The number of carboxylic acid groups (broad SMARTS) is 3. The first kappa shape index (κ1) is 29.0. The van der Waals surface area contributed by atoms with Crippen molar-refractivity contribution in [1.29, 1.82) is 0 Å². The van der Waals surface area contributed by atoms with Crippen LogP contribution in [0.2, 0.25) is 0 Å². The number of nitrogens with one attached hydrogen (secondary N) is 1. The standard InChI is InChI=1S/C17H31N5O7.Gd/c1-18-14(23)10-19-2-4-20(11-15(24)25)6-8-22(13-17(28)29)9-7-21(5-3-19)12-16(26)27;/h2-13H2,1H3,(H,18,23)(H,24,25)(H,26,27)(H,28,29);/q;+3. The number of hydrogen-bond acceptors (Lipinski definition) is 8. The monoisotopic (exact) mass is 575 g/mol. The van der Waals surface area contributed by atoms with Crippen molar-refractivity contribution >= 4 is 23.8 Å². The molecule has 1 saturated heterocycles. The second-order valence-corrected chi connectivity index (χ2v) is 6.96. The molecule has 1 heterocycles. The maximum atomic E-state index is 11.8. The van der Waals surface area contributed by atoms with Crippen LogP contribution in [0.1, 0.15) is 0 Å². The van der Waals surface area contributed by atoms with Crippen LogP contribution >= 0.6 is 0 Å². The molecular formula is C17H31GdN5O7+3. The van der Waals surface area contributed by atoms with Gasteiger partial charge in [-0.25, -0.2) is 0 Å². The van der Waals surface area contributed by atoms with Crippen LogP contribution in [0.3, 0.4) is 0 Å². The molecule has 4 N–H and O–H groups in total. The van der Waals surface area contributed by atoms with Crippen LogP contribution in [0.15, 0.2) is 0 Å². The summed E-state index contributed by atoms with van der Waals surface area (Å²) in [5, 5.41) is 30.0. The van der Waals surface area contributed by atoms with E-state index in [4.69, 9.17) is 15.3 Å². The predicted octanol–water partition coefficient (Wildman–Crippen LogP) is -2.79.